The Hall–Kier alpha value is -2.08. The molecule has 2 amide bonds. The third-order valence-electron chi connectivity index (χ3n) is 3.19. The van der Waals surface area contributed by atoms with Crippen molar-refractivity contribution in [3.8, 4) is 0 Å². The van der Waals surface area contributed by atoms with Gasteiger partial charge in [-0.05, 0) is 37.5 Å². The van der Waals surface area contributed by atoms with Crippen molar-refractivity contribution in [2.24, 2.45) is 0 Å². The van der Waals surface area contributed by atoms with Gasteiger partial charge in [-0.25, -0.2) is 4.79 Å². The number of halogens is 1. The molecule has 2 aromatic rings. The second kappa shape index (κ2) is 7.08. The molecule has 0 unspecified atom stereocenters. The predicted molar refractivity (Wildman–Crippen MR) is 82.6 cm³/mol. The van der Waals surface area contributed by atoms with Crippen LogP contribution in [0.15, 0.2) is 24.8 Å². The molecule has 112 valence electrons. The quantitative estimate of drug-likeness (QED) is 0.834. The topological polar surface area (TPSA) is 71.8 Å². The predicted octanol–water partition coefficient (Wildman–Crippen LogP) is 2.76. The average molecular weight is 308 g/mol. The Morgan fingerprint density at radius 3 is 2.71 bits per heavy atom. The highest BCUT2D eigenvalue weighted by molar-refractivity contribution is 6.31. The highest BCUT2D eigenvalue weighted by Crippen LogP contribution is 2.26. The van der Waals surface area contributed by atoms with Gasteiger partial charge in [0.05, 0.1) is 0 Å². The first-order valence-electron chi connectivity index (χ1n) is 6.71. The number of aromatic nitrogens is 3. The summed E-state index contributed by atoms with van der Waals surface area (Å²) in [5.41, 5.74) is 2.62. The van der Waals surface area contributed by atoms with E-state index in [1.807, 2.05) is 30.5 Å². The maximum absolute atomic E-state index is 11.9. The van der Waals surface area contributed by atoms with Crippen LogP contribution in [0.3, 0.4) is 0 Å². The fourth-order valence-corrected chi connectivity index (χ4v) is 2.13. The Labute approximate surface area is 128 Å². The molecule has 0 aliphatic rings. The number of benzene rings is 1. The number of hydrogen-bond donors (Lipinski definition) is 2. The smallest absolute Gasteiger partial charge is 0.319 e. The monoisotopic (exact) mass is 307 g/mol. The number of anilines is 1. The van der Waals surface area contributed by atoms with Crippen LogP contribution >= 0.6 is 11.6 Å². The summed E-state index contributed by atoms with van der Waals surface area (Å²) in [6.45, 7) is 5.16. The number of nitrogens with one attached hydrogen (secondary N) is 2. The van der Waals surface area contributed by atoms with Crippen LogP contribution in [-0.4, -0.2) is 27.3 Å². The zero-order valence-electron chi connectivity index (χ0n) is 12.1. The number of nitrogens with zero attached hydrogens (tertiary/aromatic N) is 3. The number of hydrogen-bond acceptors (Lipinski definition) is 3. The molecule has 2 rings (SSSR count). The van der Waals surface area contributed by atoms with Gasteiger partial charge in [-0.2, -0.15) is 0 Å². The van der Waals surface area contributed by atoms with Gasteiger partial charge in [-0.1, -0.05) is 17.7 Å². The Morgan fingerprint density at radius 1 is 1.29 bits per heavy atom. The van der Waals surface area contributed by atoms with Crippen molar-refractivity contribution in [3.05, 3.63) is 40.9 Å². The summed E-state index contributed by atoms with van der Waals surface area (Å²) in [6.07, 6.45) is 4.11. The van der Waals surface area contributed by atoms with Gasteiger partial charge < -0.3 is 15.2 Å². The molecule has 0 saturated carbocycles. The van der Waals surface area contributed by atoms with E-state index in [1.54, 1.807) is 12.7 Å². The first kappa shape index (κ1) is 15.3. The largest absolute Gasteiger partial charge is 0.338 e. The van der Waals surface area contributed by atoms with E-state index in [1.165, 1.54) is 0 Å². The van der Waals surface area contributed by atoms with Gasteiger partial charge in [0.2, 0.25) is 0 Å². The first-order chi connectivity index (χ1) is 10.1. The van der Waals surface area contributed by atoms with Gasteiger partial charge >= 0.3 is 6.03 Å². The van der Waals surface area contributed by atoms with E-state index in [4.69, 9.17) is 11.6 Å². The second-order valence-corrected chi connectivity index (χ2v) is 5.21. The Bertz CT molecular complexity index is 612. The van der Waals surface area contributed by atoms with E-state index in [0.717, 1.165) is 29.8 Å². The maximum Gasteiger partial charge on any atom is 0.319 e. The number of aryl methyl sites for hydroxylation is 2. The molecule has 0 aliphatic heterocycles. The fourth-order valence-electron chi connectivity index (χ4n) is 1.97. The summed E-state index contributed by atoms with van der Waals surface area (Å²) in [5.74, 6) is 0. The molecule has 0 radical (unpaired) electrons. The number of urea groups is 1. The Balaban J connectivity index is 1.81. The molecule has 21 heavy (non-hydrogen) atoms. The van der Waals surface area contributed by atoms with Crippen LogP contribution in [0.1, 0.15) is 17.5 Å². The maximum atomic E-state index is 11.9. The SMILES string of the molecule is Cc1ccc(Cl)c(C)c1NC(=O)NCCCn1cnnc1. The van der Waals surface area contributed by atoms with E-state index in [-0.39, 0.29) is 6.03 Å². The lowest BCUT2D eigenvalue weighted by molar-refractivity contribution is 0.252. The molecule has 0 atom stereocenters. The standard InChI is InChI=1S/C14H18ClN5O/c1-10-4-5-12(15)11(2)13(10)19-14(21)16-6-3-7-20-8-17-18-9-20/h4-5,8-9H,3,6-7H2,1-2H3,(H2,16,19,21). The summed E-state index contributed by atoms with van der Waals surface area (Å²) in [4.78, 5) is 11.9. The van der Waals surface area contributed by atoms with E-state index in [2.05, 4.69) is 20.8 Å². The summed E-state index contributed by atoms with van der Waals surface area (Å²) >= 11 is 6.07. The van der Waals surface area contributed by atoms with E-state index in [0.29, 0.717) is 11.6 Å². The van der Waals surface area contributed by atoms with Crippen molar-refractivity contribution < 1.29 is 4.79 Å². The van der Waals surface area contributed by atoms with Crippen LogP contribution in [0.25, 0.3) is 0 Å². The van der Waals surface area contributed by atoms with Crippen LogP contribution in [-0.2, 0) is 6.54 Å². The second-order valence-electron chi connectivity index (χ2n) is 4.80. The summed E-state index contributed by atoms with van der Waals surface area (Å²) in [5, 5.41) is 13.7. The lowest BCUT2D eigenvalue weighted by Gasteiger charge is -2.13. The van der Waals surface area contributed by atoms with Gasteiger partial charge in [0.15, 0.2) is 0 Å². The van der Waals surface area contributed by atoms with Crippen molar-refractivity contribution in [3.63, 3.8) is 0 Å². The molecular formula is C14H18ClN5O. The molecule has 1 heterocycles. The lowest BCUT2D eigenvalue weighted by atomic mass is 10.1. The Kier molecular flexibility index (Phi) is 5.16. The molecule has 7 heteroatoms. The lowest BCUT2D eigenvalue weighted by Crippen LogP contribution is -2.30. The molecule has 1 aromatic carbocycles. The third kappa shape index (κ3) is 4.19. The van der Waals surface area contributed by atoms with E-state index < -0.39 is 0 Å². The van der Waals surface area contributed by atoms with Crippen molar-refractivity contribution in [1.29, 1.82) is 0 Å². The highest BCUT2D eigenvalue weighted by Gasteiger charge is 2.09. The van der Waals surface area contributed by atoms with Crippen molar-refractivity contribution >= 4 is 23.3 Å². The molecule has 0 fully saturated rings. The van der Waals surface area contributed by atoms with Crippen LogP contribution in [0.4, 0.5) is 10.5 Å². The number of amides is 2. The van der Waals surface area contributed by atoms with Gasteiger partial charge in [0.1, 0.15) is 12.7 Å². The summed E-state index contributed by atoms with van der Waals surface area (Å²) in [6, 6.07) is 3.48. The highest BCUT2D eigenvalue weighted by atomic mass is 35.5. The molecule has 0 aliphatic carbocycles. The van der Waals surface area contributed by atoms with Gasteiger partial charge in [-0.15, -0.1) is 10.2 Å². The molecule has 0 bridgehead atoms. The average Bonchev–Trinajstić information content (AvgIpc) is 2.97. The van der Waals surface area contributed by atoms with Crippen LogP contribution < -0.4 is 10.6 Å². The van der Waals surface area contributed by atoms with Crippen LogP contribution in [0, 0.1) is 13.8 Å². The minimum Gasteiger partial charge on any atom is -0.338 e. The molecular weight excluding hydrogens is 290 g/mol. The molecule has 0 spiro atoms. The molecule has 2 N–H and O–H groups in total. The van der Waals surface area contributed by atoms with E-state index >= 15 is 0 Å². The van der Waals surface area contributed by atoms with Crippen LogP contribution in [0.5, 0.6) is 0 Å². The molecule has 6 nitrogen and oxygen atoms in total. The first-order valence-corrected chi connectivity index (χ1v) is 7.08. The van der Waals surface area contributed by atoms with Gasteiger partial charge in [0.25, 0.3) is 0 Å². The fraction of sp³-hybridized carbons (Fsp3) is 0.357. The van der Waals surface area contributed by atoms with Crippen molar-refractivity contribution in [2.45, 2.75) is 26.8 Å². The van der Waals surface area contributed by atoms with Crippen molar-refractivity contribution in [1.82, 2.24) is 20.1 Å². The summed E-state index contributed by atoms with van der Waals surface area (Å²) < 4.78 is 1.87. The number of carbonyl (C=O) groups is 1. The number of rotatable bonds is 5. The van der Waals surface area contributed by atoms with Gasteiger partial charge in [0, 0.05) is 23.8 Å². The van der Waals surface area contributed by atoms with Crippen molar-refractivity contribution in [2.75, 3.05) is 11.9 Å². The normalized spacial score (nSPS) is 10.4. The zero-order valence-corrected chi connectivity index (χ0v) is 12.8. The van der Waals surface area contributed by atoms with E-state index in [9.17, 15) is 4.79 Å². The number of carbonyl (C=O) groups excluding carboxylic acids is 1. The minimum atomic E-state index is -0.229. The zero-order chi connectivity index (χ0) is 15.2. The Morgan fingerprint density at radius 2 is 2.00 bits per heavy atom. The van der Waals surface area contributed by atoms with Crippen LogP contribution in [0.2, 0.25) is 5.02 Å². The van der Waals surface area contributed by atoms with Gasteiger partial charge in [-0.3, -0.25) is 0 Å². The summed E-state index contributed by atoms with van der Waals surface area (Å²) in [7, 11) is 0. The molecule has 1 aromatic heterocycles. The molecule has 0 saturated heterocycles. The minimum absolute atomic E-state index is 0.229. The third-order valence-corrected chi connectivity index (χ3v) is 3.60.